The third kappa shape index (κ3) is 1.80. The number of hydrogen-bond donors (Lipinski definition) is 1. The van der Waals surface area contributed by atoms with Crippen molar-refractivity contribution in [3.05, 3.63) is 29.5 Å². The zero-order chi connectivity index (χ0) is 11.5. The molecule has 2 rings (SSSR count). The molecule has 0 saturated heterocycles. The van der Waals surface area contributed by atoms with Crippen molar-refractivity contribution in [2.24, 2.45) is 0 Å². The molecular formula is C12H11NO3. The lowest BCUT2D eigenvalue weighted by Gasteiger charge is -2.18. The molecule has 0 unspecified atom stereocenters. The van der Waals surface area contributed by atoms with Crippen LogP contribution in [0.1, 0.15) is 12.5 Å². The molecule has 0 amide bonds. The smallest absolute Gasteiger partial charge is 0.162 e. The summed E-state index contributed by atoms with van der Waals surface area (Å²) in [6.07, 6.45) is 0. The standard InChI is InChI=1S/C12H11NO3/c1-8(14)10(7-13)9-2-3-11-12(6-9)16-5-4-15-11/h2-3,6,14H,4-5H2,1H3. The molecule has 16 heavy (non-hydrogen) atoms. The molecule has 1 N–H and O–H groups in total. The normalized spacial score (nSPS) is 15.0. The number of fused-ring (bicyclic) bond motifs is 1. The van der Waals surface area contributed by atoms with Gasteiger partial charge in [0.2, 0.25) is 0 Å². The molecule has 1 aliphatic heterocycles. The second kappa shape index (κ2) is 4.15. The van der Waals surface area contributed by atoms with Crippen LogP contribution in [0.4, 0.5) is 0 Å². The summed E-state index contributed by atoms with van der Waals surface area (Å²) in [7, 11) is 0. The molecule has 0 atom stereocenters. The zero-order valence-corrected chi connectivity index (χ0v) is 8.86. The van der Waals surface area contributed by atoms with E-state index in [1.165, 1.54) is 6.92 Å². The number of nitriles is 1. The van der Waals surface area contributed by atoms with Gasteiger partial charge >= 0.3 is 0 Å². The predicted octanol–water partition coefficient (Wildman–Crippen LogP) is 2.27. The first-order valence-corrected chi connectivity index (χ1v) is 4.92. The second-order valence-corrected chi connectivity index (χ2v) is 3.43. The molecule has 0 fully saturated rings. The van der Waals surface area contributed by atoms with Gasteiger partial charge in [-0.3, -0.25) is 0 Å². The number of nitrogens with zero attached hydrogens (tertiary/aromatic N) is 1. The maximum Gasteiger partial charge on any atom is 0.162 e. The highest BCUT2D eigenvalue weighted by atomic mass is 16.6. The lowest BCUT2D eigenvalue weighted by atomic mass is 10.1. The van der Waals surface area contributed by atoms with Crippen molar-refractivity contribution in [3.63, 3.8) is 0 Å². The molecule has 82 valence electrons. The Morgan fingerprint density at radius 3 is 2.62 bits per heavy atom. The summed E-state index contributed by atoms with van der Waals surface area (Å²) in [5, 5.41) is 18.3. The Balaban J connectivity index is 2.45. The second-order valence-electron chi connectivity index (χ2n) is 3.43. The van der Waals surface area contributed by atoms with Crippen LogP contribution in [-0.4, -0.2) is 18.3 Å². The average molecular weight is 217 g/mol. The van der Waals surface area contributed by atoms with Crippen molar-refractivity contribution in [2.75, 3.05) is 13.2 Å². The monoisotopic (exact) mass is 217 g/mol. The highest BCUT2D eigenvalue weighted by molar-refractivity contribution is 5.79. The van der Waals surface area contributed by atoms with Crippen molar-refractivity contribution in [1.29, 1.82) is 5.26 Å². The molecule has 0 aromatic heterocycles. The number of hydrogen-bond acceptors (Lipinski definition) is 4. The molecule has 1 aliphatic rings. The Morgan fingerprint density at radius 1 is 1.31 bits per heavy atom. The molecule has 0 radical (unpaired) electrons. The zero-order valence-electron chi connectivity index (χ0n) is 8.86. The van der Waals surface area contributed by atoms with Crippen LogP contribution in [0.15, 0.2) is 24.0 Å². The van der Waals surface area contributed by atoms with Gasteiger partial charge in [-0.25, -0.2) is 0 Å². The third-order valence-electron chi connectivity index (χ3n) is 2.30. The fraction of sp³-hybridized carbons (Fsp3) is 0.250. The van der Waals surface area contributed by atoms with E-state index in [0.29, 0.717) is 30.3 Å². The van der Waals surface area contributed by atoms with E-state index in [0.717, 1.165) is 0 Å². The molecule has 1 aromatic carbocycles. The Kier molecular flexibility index (Phi) is 2.69. The van der Waals surface area contributed by atoms with Gasteiger partial charge in [-0.2, -0.15) is 5.26 Å². The van der Waals surface area contributed by atoms with Crippen LogP contribution in [0.25, 0.3) is 5.57 Å². The molecule has 4 nitrogen and oxygen atoms in total. The van der Waals surface area contributed by atoms with E-state index in [4.69, 9.17) is 14.7 Å². The molecule has 0 bridgehead atoms. The lowest BCUT2D eigenvalue weighted by molar-refractivity contribution is 0.171. The summed E-state index contributed by atoms with van der Waals surface area (Å²) < 4.78 is 10.8. The van der Waals surface area contributed by atoms with Gasteiger partial charge in [0.05, 0.1) is 5.57 Å². The molecule has 4 heteroatoms. The van der Waals surface area contributed by atoms with Crippen LogP contribution in [0.2, 0.25) is 0 Å². The van der Waals surface area contributed by atoms with Crippen molar-refractivity contribution >= 4 is 5.57 Å². The maximum absolute atomic E-state index is 9.35. The Bertz CT molecular complexity index is 482. The highest BCUT2D eigenvalue weighted by Gasteiger charge is 2.14. The van der Waals surface area contributed by atoms with Gasteiger partial charge in [0.15, 0.2) is 11.5 Å². The summed E-state index contributed by atoms with van der Waals surface area (Å²) in [5.41, 5.74) is 0.878. The molecule has 0 aliphatic carbocycles. The summed E-state index contributed by atoms with van der Waals surface area (Å²) >= 11 is 0. The fourth-order valence-electron chi connectivity index (χ4n) is 1.55. The molecule has 1 aromatic rings. The van der Waals surface area contributed by atoms with E-state index < -0.39 is 0 Å². The summed E-state index contributed by atoms with van der Waals surface area (Å²) in [6, 6.07) is 7.13. The third-order valence-corrected chi connectivity index (χ3v) is 2.30. The number of aliphatic hydroxyl groups excluding tert-OH is 1. The average Bonchev–Trinajstić information content (AvgIpc) is 2.29. The molecular weight excluding hydrogens is 206 g/mol. The SMILES string of the molecule is CC(O)=C(C#N)c1ccc2c(c1)OCCO2. The van der Waals surface area contributed by atoms with Crippen molar-refractivity contribution in [2.45, 2.75) is 6.92 Å². The Labute approximate surface area is 93.3 Å². The van der Waals surface area contributed by atoms with E-state index in [1.807, 2.05) is 6.07 Å². The van der Waals surface area contributed by atoms with Gasteiger partial charge in [0, 0.05) is 0 Å². The number of benzene rings is 1. The Hall–Kier alpha value is -2.15. The summed E-state index contributed by atoms with van der Waals surface area (Å²) in [5.74, 6) is 1.28. The van der Waals surface area contributed by atoms with Gasteiger partial charge in [-0.15, -0.1) is 0 Å². The van der Waals surface area contributed by atoms with Crippen molar-refractivity contribution < 1.29 is 14.6 Å². The number of rotatable bonds is 1. The van der Waals surface area contributed by atoms with E-state index in [9.17, 15) is 5.11 Å². The minimum absolute atomic E-state index is 0.000761. The maximum atomic E-state index is 9.35. The number of aliphatic hydroxyl groups is 1. The van der Waals surface area contributed by atoms with Gasteiger partial charge in [-0.1, -0.05) is 0 Å². The minimum atomic E-state index is -0.000761. The lowest BCUT2D eigenvalue weighted by Crippen LogP contribution is -2.15. The predicted molar refractivity (Wildman–Crippen MR) is 58.3 cm³/mol. The first-order valence-electron chi connectivity index (χ1n) is 4.92. The number of allylic oxidation sites excluding steroid dienone is 2. The van der Waals surface area contributed by atoms with Crippen LogP contribution in [0, 0.1) is 11.3 Å². The number of ether oxygens (including phenoxy) is 2. The van der Waals surface area contributed by atoms with E-state index >= 15 is 0 Å². The van der Waals surface area contributed by atoms with Gasteiger partial charge in [-0.05, 0) is 30.7 Å². The fourth-order valence-corrected chi connectivity index (χ4v) is 1.55. The highest BCUT2D eigenvalue weighted by Crippen LogP contribution is 2.33. The van der Waals surface area contributed by atoms with Gasteiger partial charge in [0.1, 0.15) is 25.0 Å². The minimum Gasteiger partial charge on any atom is -0.511 e. The van der Waals surface area contributed by atoms with Crippen LogP contribution in [0.3, 0.4) is 0 Å². The first kappa shape index (κ1) is 10.4. The van der Waals surface area contributed by atoms with Gasteiger partial charge in [0.25, 0.3) is 0 Å². The quantitative estimate of drug-likeness (QED) is 0.579. The first-order chi connectivity index (χ1) is 7.72. The Morgan fingerprint density at radius 2 is 2.00 bits per heavy atom. The van der Waals surface area contributed by atoms with Crippen LogP contribution >= 0.6 is 0 Å². The van der Waals surface area contributed by atoms with E-state index in [1.54, 1.807) is 18.2 Å². The summed E-state index contributed by atoms with van der Waals surface area (Å²) in [4.78, 5) is 0. The van der Waals surface area contributed by atoms with Gasteiger partial charge < -0.3 is 14.6 Å². The van der Waals surface area contributed by atoms with Crippen LogP contribution < -0.4 is 9.47 Å². The van der Waals surface area contributed by atoms with Crippen LogP contribution in [0.5, 0.6) is 11.5 Å². The topological polar surface area (TPSA) is 62.5 Å². The summed E-state index contributed by atoms with van der Waals surface area (Å²) in [6.45, 7) is 2.52. The molecule has 0 spiro atoms. The van der Waals surface area contributed by atoms with E-state index in [2.05, 4.69) is 0 Å². The van der Waals surface area contributed by atoms with Crippen LogP contribution in [-0.2, 0) is 0 Å². The largest absolute Gasteiger partial charge is 0.511 e. The molecule has 0 saturated carbocycles. The molecule has 1 heterocycles. The van der Waals surface area contributed by atoms with Crippen molar-refractivity contribution in [3.8, 4) is 17.6 Å². The van der Waals surface area contributed by atoms with Crippen molar-refractivity contribution in [1.82, 2.24) is 0 Å². The van der Waals surface area contributed by atoms with E-state index in [-0.39, 0.29) is 11.3 Å².